The predicted molar refractivity (Wildman–Crippen MR) is 141 cm³/mol. The number of ketones is 1. The van der Waals surface area contributed by atoms with Crippen molar-refractivity contribution in [1.82, 2.24) is 0 Å². The highest BCUT2D eigenvalue weighted by Gasteiger charge is 2.47. The van der Waals surface area contributed by atoms with Crippen LogP contribution in [0.1, 0.15) is 31.0 Å². The lowest BCUT2D eigenvalue weighted by molar-refractivity contribution is -0.132. The molecule has 38 heavy (non-hydrogen) atoms. The van der Waals surface area contributed by atoms with Gasteiger partial charge in [0.05, 0.1) is 39.0 Å². The van der Waals surface area contributed by atoms with E-state index in [-0.39, 0.29) is 28.4 Å². The summed E-state index contributed by atoms with van der Waals surface area (Å²) in [6.07, 6.45) is 0. The Hall–Kier alpha value is -4.66. The molecule has 1 fully saturated rings. The monoisotopic (exact) mass is 519 g/mol. The lowest BCUT2D eigenvalue weighted by Gasteiger charge is -2.26. The molecule has 0 radical (unpaired) electrons. The van der Waals surface area contributed by atoms with E-state index in [2.05, 4.69) is 0 Å². The Balaban J connectivity index is 1.93. The maximum atomic E-state index is 13.4. The molecule has 0 aliphatic carbocycles. The molecule has 1 atom stereocenters. The van der Waals surface area contributed by atoms with Crippen LogP contribution in [0.25, 0.3) is 5.76 Å². The second kappa shape index (κ2) is 11.2. The molecule has 3 aromatic rings. The number of benzene rings is 3. The average molecular weight is 520 g/mol. The van der Waals surface area contributed by atoms with Crippen LogP contribution >= 0.6 is 0 Å². The summed E-state index contributed by atoms with van der Waals surface area (Å²) in [7, 11) is 2.94. The van der Waals surface area contributed by atoms with Gasteiger partial charge in [-0.25, -0.2) is 0 Å². The molecule has 1 saturated heterocycles. The third kappa shape index (κ3) is 4.82. The maximum absolute atomic E-state index is 13.4. The van der Waals surface area contributed by atoms with Crippen LogP contribution in [0.2, 0.25) is 0 Å². The number of aromatic hydroxyl groups is 1. The minimum atomic E-state index is -1.01. The minimum absolute atomic E-state index is 0.0893. The second-order valence-corrected chi connectivity index (χ2v) is 8.33. The number of ether oxygens (including phenoxy) is 4. The molecule has 4 rings (SSSR count). The Kier molecular flexibility index (Phi) is 7.76. The van der Waals surface area contributed by atoms with Crippen molar-refractivity contribution in [2.75, 3.05) is 32.3 Å². The number of methoxy groups -OCH3 is 2. The van der Waals surface area contributed by atoms with Crippen LogP contribution in [0.5, 0.6) is 28.7 Å². The molecule has 3 aromatic carbocycles. The molecular weight excluding hydrogens is 490 g/mol. The van der Waals surface area contributed by atoms with E-state index in [1.54, 1.807) is 55.5 Å². The summed E-state index contributed by atoms with van der Waals surface area (Å²) >= 11 is 0. The van der Waals surface area contributed by atoms with Crippen molar-refractivity contribution in [3.63, 3.8) is 0 Å². The largest absolute Gasteiger partial charge is 0.507 e. The fourth-order valence-corrected chi connectivity index (χ4v) is 4.39. The van der Waals surface area contributed by atoms with E-state index in [9.17, 15) is 19.8 Å². The highest BCUT2D eigenvalue weighted by Crippen LogP contribution is 2.45. The number of amides is 1. The van der Waals surface area contributed by atoms with Crippen molar-refractivity contribution in [1.29, 1.82) is 0 Å². The van der Waals surface area contributed by atoms with Crippen molar-refractivity contribution in [3.05, 3.63) is 77.4 Å². The fourth-order valence-electron chi connectivity index (χ4n) is 4.39. The molecular formula is C29H29NO8. The molecule has 1 heterocycles. The Morgan fingerprint density at radius 1 is 0.842 bits per heavy atom. The molecule has 1 amide bonds. The second-order valence-electron chi connectivity index (χ2n) is 8.33. The fraction of sp³-hybridized carbons (Fsp3) is 0.241. The molecule has 1 aliphatic heterocycles. The molecule has 198 valence electrons. The number of aliphatic hydroxyl groups excluding tert-OH is 1. The Morgan fingerprint density at radius 3 is 2.16 bits per heavy atom. The SMILES string of the molecule is CCOc1ccc(N2C(=O)C(=O)/C(=C(\O)c3ccc(OC)c(OC)c3)C2c2ccc(O)c(OCC)c2)cc1. The molecule has 0 saturated carbocycles. The first-order valence-corrected chi connectivity index (χ1v) is 12.1. The Morgan fingerprint density at radius 2 is 1.53 bits per heavy atom. The summed E-state index contributed by atoms with van der Waals surface area (Å²) in [6, 6.07) is 15.0. The van der Waals surface area contributed by atoms with E-state index in [1.165, 1.54) is 31.3 Å². The topological polar surface area (TPSA) is 115 Å². The van der Waals surface area contributed by atoms with Gasteiger partial charge in [-0.1, -0.05) is 6.07 Å². The number of hydrogen-bond acceptors (Lipinski definition) is 8. The van der Waals surface area contributed by atoms with Crippen molar-refractivity contribution in [2.24, 2.45) is 0 Å². The van der Waals surface area contributed by atoms with E-state index in [1.807, 2.05) is 6.92 Å². The van der Waals surface area contributed by atoms with E-state index in [4.69, 9.17) is 18.9 Å². The lowest BCUT2D eigenvalue weighted by Crippen LogP contribution is -2.29. The highest BCUT2D eigenvalue weighted by molar-refractivity contribution is 6.51. The number of rotatable bonds is 9. The van der Waals surface area contributed by atoms with Crippen LogP contribution in [0.4, 0.5) is 5.69 Å². The van der Waals surface area contributed by atoms with Crippen molar-refractivity contribution >= 4 is 23.1 Å². The number of carbonyl (C=O) groups is 2. The first-order chi connectivity index (χ1) is 18.3. The zero-order valence-corrected chi connectivity index (χ0v) is 21.6. The first kappa shape index (κ1) is 26.4. The molecule has 0 spiro atoms. The number of phenols is 1. The van der Waals surface area contributed by atoms with Gasteiger partial charge in [-0.05, 0) is 74.0 Å². The van der Waals surface area contributed by atoms with E-state index >= 15 is 0 Å². The van der Waals surface area contributed by atoms with Gasteiger partial charge in [0.2, 0.25) is 0 Å². The number of anilines is 1. The van der Waals surface area contributed by atoms with E-state index in [0.29, 0.717) is 41.7 Å². The molecule has 1 aliphatic rings. The van der Waals surface area contributed by atoms with E-state index < -0.39 is 17.7 Å². The van der Waals surface area contributed by atoms with Crippen LogP contribution in [-0.4, -0.2) is 49.3 Å². The number of hydrogen-bond donors (Lipinski definition) is 2. The zero-order chi connectivity index (χ0) is 27.4. The van der Waals surface area contributed by atoms with Crippen LogP contribution in [0.3, 0.4) is 0 Å². The molecule has 0 bridgehead atoms. The van der Waals surface area contributed by atoms with E-state index in [0.717, 1.165) is 0 Å². The lowest BCUT2D eigenvalue weighted by atomic mass is 9.94. The van der Waals surface area contributed by atoms with Crippen molar-refractivity contribution < 1.29 is 38.7 Å². The smallest absolute Gasteiger partial charge is 0.300 e. The van der Waals surface area contributed by atoms with Gasteiger partial charge in [-0.2, -0.15) is 0 Å². The van der Waals surface area contributed by atoms with Gasteiger partial charge in [-0.15, -0.1) is 0 Å². The minimum Gasteiger partial charge on any atom is -0.507 e. The Labute approximate surface area is 220 Å². The molecule has 1 unspecified atom stereocenters. The van der Waals surface area contributed by atoms with Gasteiger partial charge in [0.15, 0.2) is 23.0 Å². The maximum Gasteiger partial charge on any atom is 0.300 e. The van der Waals surface area contributed by atoms with Crippen LogP contribution in [-0.2, 0) is 9.59 Å². The number of carbonyl (C=O) groups excluding carboxylic acids is 2. The van der Waals surface area contributed by atoms with Gasteiger partial charge in [-0.3, -0.25) is 14.5 Å². The van der Waals surface area contributed by atoms with Gasteiger partial charge in [0.25, 0.3) is 11.7 Å². The predicted octanol–water partition coefficient (Wildman–Crippen LogP) is 4.83. The standard InChI is InChI=1S/C29H29NO8/c1-5-37-20-11-9-19(10-12-20)30-26(17-7-13-21(31)23(15-17)38-6-2)25(28(33)29(30)34)27(32)18-8-14-22(35-3)24(16-18)36-4/h7-16,26,31-32H,5-6H2,1-4H3/b27-25-. The number of Topliss-reactive ketones (excluding diaryl/α,β-unsaturated/α-hetero) is 1. The van der Waals surface area contributed by atoms with Crippen molar-refractivity contribution in [3.8, 4) is 28.7 Å². The van der Waals surface area contributed by atoms with Gasteiger partial charge in [0, 0.05) is 11.3 Å². The Bertz CT molecular complexity index is 1380. The van der Waals surface area contributed by atoms with Crippen LogP contribution in [0, 0.1) is 0 Å². The number of phenolic OH excluding ortho intramolecular Hbond substituents is 1. The first-order valence-electron chi connectivity index (χ1n) is 12.1. The molecule has 2 N–H and O–H groups in total. The highest BCUT2D eigenvalue weighted by atomic mass is 16.5. The summed E-state index contributed by atoms with van der Waals surface area (Å²) in [6.45, 7) is 4.40. The normalized spacial score (nSPS) is 16.4. The summed E-state index contributed by atoms with van der Waals surface area (Å²) in [5.74, 6) is -0.560. The summed E-state index contributed by atoms with van der Waals surface area (Å²) in [5.41, 5.74) is 1.03. The third-order valence-electron chi connectivity index (χ3n) is 6.13. The summed E-state index contributed by atoms with van der Waals surface area (Å²) in [4.78, 5) is 28.2. The summed E-state index contributed by atoms with van der Waals surface area (Å²) < 4.78 is 21.7. The van der Waals surface area contributed by atoms with Gasteiger partial charge in [0.1, 0.15) is 11.5 Å². The van der Waals surface area contributed by atoms with Gasteiger partial charge < -0.3 is 29.2 Å². The number of nitrogens with zero attached hydrogens (tertiary/aromatic N) is 1. The van der Waals surface area contributed by atoms with Crippen molar-refractivity contribution in [2.45, 2.75) is 19.9 Å². The average Bonchev–Trinajstić information content (AvgIpc) is 3.19. The molecule has 9 heteroatoms. The van der Waals surface area contributed by atoms with Crippen LogP contribution in [0.15, 0.2) is 66.2 Å². The quantitative estimate of drug-likeness (QED) is 0.235. The zero-order valence-electron chi connectivity index (χ0n) is 21.6. The number of aliphatic hydroxyl groups is 1. The molecule has 9 nitrogen and oxygen atoms in total. The van der Waals surface area contributed by atoms with Crippen LogP contribution < -0.4 is 23.8 Å². The van der Waals surface area contributed by atoms with Gasteiger partial charge >= 0.3 is 0 Å². The molecule has 0 aromatic heterocycles. The third-order valence-corrected chi connectivity index (χ3v) is 6.13. The summed E-state index contributed by atoms with van der Waals surface area (Å²) in [5, 5.41) is 21.7.